The lowest BCUT2D eigenvalue weighted by molar-refractivity contribution is -0.135. The smallest absolute Gasteiger partial charge is 0.242 e. The van der Waals surface area contributed by atoms with Crippen molar-refractivity contribution in [1.29, 1.82) is 0 Å². The Morgan fingerprint density at radius 3 is 2.52 bits per heavy atom. The van der Waals surface area contributed by atoms with Crippen molar-refractivity contribution in [2.24, 2.45) is 0 Å². The summed E-state index contributed by atoms with van der Waals surface area (Å²) in [4.78, 5) is 26.7. The molecule has 2 N–H and O–H groups in total. The third-order valence-electron chi connectivity index (χ3n) is 4.98. The van der Waals surface area contributed by atoms with Gasteiger partial charge >= 0.3 is 0 Å². The normalized spacial score (nSPS) is 16.8. The summed E-state index contributed by atoms with van der Waals surface area (Å²) in [6.07, 6.45) is 1.29. The molecule has 5 heteroatoms. The van der Waals surface area contributed by atoms with Crippen LogP contribution in [0.2, 0.25) is 0 Å². The third kappa shape index (κ3) is 5.17. The Kier molecular flexibility index (Phi) is 6.60. The zero-order chi connectivity index (χ0) is 19.1. The largest absolute Gasteiger partial charge is 0.347 e. The minimum absolute atomic E-state index is 0.00295. The fourth-order valence-electron chi connectivity index (χ4n) is 3.40. The number of piperazine rings is 1. The summed E-state index contributed by atoms with van der Waals surface area (Å²) in [6, 6.07) is 18.0. The van der Waals surface area contributed by atoms with Gasteiger partial charge in [-0.15, -0.1) is 0 Å². The molecule has 27 heavy (non-hydrogen) atoms. The summed E-state index contributed by atoms with van der Waals surface area (Å²) in [5, 5.41) is 6.13. The molecule has 1 aliphatic rings. The van der Waals surface area contributed by atoms with E-state index in [4.69, 9.17) is 0 Å². The van der Waals surface area contributed by atoms with E-state index in [9.17, 15) is 9.59 Å². The van der Waals surface area contributed by atoms with E-state index >= 15 is 0 Å². The molecule has 0 saturated carbocycles. The van der Waals surface area contributed by atoms with E-state index in [1.807, 2.05) is 35.2 Å². The van der Waals surface area contributed by atoms with E-state index < -0.39 is 0 Å². The number of hydrogen-bond acceptors (Lipinski definition) is 3. The maximum Gasteiger partial charge on any atom is 0.242 e. The molecule has 1 unspecified atom stereocenters. The minimum atomic E-state index is -0.131. The Morgan fingerprint density at radius 1 is 1.07 bits per heavy atom. The topological polar surface area (TPSA) is 61.4 Å². The first-order valence-electron chi connectivity index (χ1n) is 9.57. The van der Waals surface area contributed by atoms with E-state index in [1.54, 1.807) is 0 Å². The van der Waals surface area contributed by atoms with E-state index in [2.05, 4.69) is 41.8 Å². The fourth-order valence-corrected chi connectivity index (χ4v) is 3.40. The van der Waals surface area contributed by atoms with Crippen molar-refractivity contribution in [3.63, 3.8) is 0 Å². The van der Waals surface area contributed by atoms with Crippen LogP contribution in [-0.4, -0.2) is 42.9 Å². The van der Waals surface area contributed by atoms with Crippen molar-refractivity contribution in [3.8, 4) is 0 Å². The van der Waals surface area contributed by atoms with Gasteiger partial charge in [0.25, 0.3) is 0 Å². The van der Waals surface area contributed by atoms with Gasteiger partial charge in [-0.1, -0.05) is 61.5 Å². The van der Waals surface area contributed by atoms with Gasteiger partial charge in [0.2, 0.25) is 11.8 Å². The van der Waals surface area contributed by atoms with Gasteiger partial charge in [0.1, 0.15) is 0 Å². The molecule has 0 radical (unpaired) electrons. The van der Waals surface area contributed by atoms with E-state index in [0.717, 1.165) is 30.6 Å². The second-order valence-corrected chi connectivity index (χ2v) is 6.84. The van der Waals surface area contributed by atoms with Gasteiger partial charge < -0.3 is 15.5 Å². The number of carbonyl (C=O) groups excluding carboxylic acids is 2. The lowest BCUT2D eigenvalue weighted by Crippen LogP contribution is -2.51. The number of nitrogens with one attached hydrogen (secondary N) is 2. The zero-order valence-electron chi connectivity index (χ0n) is 15.8. The molecule has 1 saturated heterocycles. The van der Waals surface area contributed by atoms with Crippen molar-refractivity contribution >= 4 is 11.8 Å². The molecule has 1 atom stereocenters. The van der Waals surface area contributed by atoms with Crippen LogP contribution < -0.4 is 10.6 Å². The first-order chi connectivity index (χ1) is 13.2. The third-order valence-corrected chi connectivity index (χ3v) is 4.98. The van der Waals surface area contributed by atoms with Gasteiger partial charge in [-0.3, -0.25) is 9.59 Å². The number of benzene rings is 2. The second-order valence-electron chi connectivity index (χ2n) is 6.84. The number of hydrogen-bond donors (Lipinski definition) is 2. The minimum Gasteiger partial charge on any atom is -0.347 e. The first kappa shape index (κ1) is 19.1. The van der Waals surface area contributed by atoms with Gasteiger partial charge in [0.15, 0.2) is 0 Å². The Bertz CT molecular complexity index is 759. The number of amides is 2. The predicted molar refractivity (Wildman–Crippen MR) is 106 cm³/mol. The highest BCUT2D eigenvalue weighted by Gasteiger charge is 2.27. The molecule has 142 valence electrons. The average molecular weight is 365 g/mol. The summed E-state index contributed by atoms with van der Waals surface area (Å²) in [5.41, 5.74) is 3.36. The van der Waals surface area contributed by atoms with Crippen LogP contribution >= 0.6 is 0 Å². The monoisotopic (exact) mass is 365 g/mol. The summed E-state index contributed by atoms with van der Waals surface area (Å²) in [5.74, 6) is -0.170. The highest BCUT2D eigenvalue weighted by atomic mass is 16.2. The molecule has 1 fully saturated rings. The molecule has 3 rings (SSSR count). The van der Waals surface area contributed by atoms with E-state index in [1.165, 1.54) is 5.56 Å². The van der Waals surface area contributed by atoms with Crippen molar-refractivity contribution in [3.05, 3.63) is 71.3 Å². The van der Waals surface area contributed by atoms with E-state index in [0.29, 0.717) is 6.54 Å². The Hall–Kier alpha value is -2.66. The highest BCUT2D eigenvalue weighted by molar-refractivity contribution is 5.86. The van der Waals surface area contributed by atoms with Crippen molar-refractivity contribution in [2.45, 2.75) is 25.8 Å². The predicted octanol–water partition coefficient (Wildman–Crippen LogP) is 2.08. The molecule has 1 heterocycles. The first-order valence-corrected chi connectivity index (χ1v) is 9.57. The molecule has 2 aromatic rings. The Morgan fingerprint density at radius 2 is 1.81 bits per heavy atom. The molecular formula is C22H27N3O2. The molecule has 0 bridgehead atoms. The summed E-state index contributed by atoms with van der Waals surface area (Å²) in [6.45, 7) is 4.32. The van der Waals surface area contributed by atoms with Crippen molar-refractivity contribution < 1.29 is 9.59 Å². The summed E-state index contributed by atoms with van der Waals surface area (Å²) < 4.78 is 0. The van der Waals surface area contributed by atoms with Crippen molar-refractivity contribution in [1.82, 2.24) is 15.5 Å². The molecule has 5 nitrogen and oxygen atoms in total. The quantitative estimate of drug-likeness (QED) is 0.824. The average Bonchev–Trinajstić information content (AvgIpc) is 2.73. The molecule has 1 aliphatic heterocycles. The molecule has 0 spiro atoms. The summed E-state index contributed by atoms with van der Waals surface area (Å²) in [7, 11) is 0. The van der Waals surface area contributed by atoms with Crippen LogP contribution in [0, 0.1) is 0 Å². The standard InChI is InChI=1S/C22H27N3O2/c1-2-17-8-10-19(11-9-17)20-15-23-12-13-25(20)22(27)16-24-21(26)14-18-6-4-3-5-7-18/h3-11,20,23H,2,12-16H2,1H3,(H,24,26). The molecular weight excluding hydrogens is 338 g/mol. The van der Waals surface area contributed by atoms with Crippen LogP contribution in [0.25, 0.3) is 0 Å². The number of rotatable bonds is 6. The van der Waals surface area contributed by atoms with Gasteiger partial charge in [-0.05, 0) is 23.1 Å². The second kappa shape index (κ2) is 9.33. The van der Waals surface area contributed by atoms with Crippen LogP contribution in [0.1, 0.15) is 29.7 Å². The van der Waals surface area contributed by atoms with Gasteiger partial charge in [0, 0.05) is 19.6 Å². The maximum absolute atomic E-state index is 12.7. The maximum atomic E-state index is 12.7. The molecule has 0 aromatic heterocycles. The Labute approximate surface area is 160 Å². The highest BCUT2D eigenvalue weighted by Crippen LogP contribution is 2.22. The molecule has 2 aromatic carbocycles. The number of aryl methyl sites for hydroxylation is 1. The van der Waals surface area contributed by atoms with Crippen LogP contribution in [0.3, 0.4) is 0 Å². The fraction of sp³-hybridized carbons (Fsp3) is 0.364. The SMILES string of the molecule is CCc1ccc(C2CNCCN2C(=O)CNC(=O)Cc2ccccc2)cc1. The Balaban J connectivity index is 1.58. The molecule has 2 amide bonds. The summed E-state index contributed by atoms with van der Waals surface area (Å²) >= 11 is 0. The van der Waals surface area contributed by atoms with Gasteiger partial charge in [0.05, 0.1) is 19.0 Å². The van der Waals surface area contributed by atoms with Crippen molar-refractivity contribution in [2.75, 3.05) is 26.2 Å². The molecule has 0 aliphatic carbocycles. The van der Waals surface area contributed by atoms with Crippen LogP contribution in [0.4, 0.5) is 0 Å². The van der Waals surface area contributed by atoms with E-state index in [-0.39, 0.29) is 30.8 Å². The van der Waals surface area contributed by atoms with Gasteiger partial charge in [-0.2, -0.15) is 0 Å². The van der Waals surface area contributed by atoms with Crippen LogP contribution in [0.15, 0.2) is 54.6 Å². The zero-order valence-corrected chi connectivity index (χ0v) is 15.8. The number of carbonyl (C=O) groups is 2. The van der Waals surface area contributed by atoms with Gasteiger partial charge in [-0.25, -0.2) is 0 Å². The van der Waals surface area contributed by atoms with Crippen LogP contribution in [-0.2, 0) is 22.4 Å². The lowest BCUT2D eigenvalue weighted by Gasteiger charge is -2.36. The lowest BCUT2D eigenvalue weighted by atomic mass is 10.0. The van der Waals surface area contributed by atoms with Crippen LogP contribution in [0.5, 0.6) is 0 Å². The number of nitrogens with zero attached hydrogens (tertiary/aromatic N) is 1.